The van der Waals surface area contributed by atoms with Crippen molar-refractivity contribution in [2.45, 2.75) is 19.5 Å². The molecule has 6 nitrogen and oxygen atoms in total. The molecule has 7 heteroatoms. The second-order valence-electron chi connectivity index (χ2n) is 4.13. The highest BCUT2D eigenvalue weighted by Gasteiger charge is 2.11. The molecule has 0 aliphatic rings. The van der Waals surface area contributed by atoms with E-state index in [0.717, 1.165) is 10.0 Å². The number of H-pyrrole nitrogens is 1. The molecule has 100 valence electrons. The molecule has 2 aromatic rings. The molecule has 19 heavy (non-hydrogen) atoms. The molecule has 0 aliphatic heterocycles. The summed E-state index contributed by atoms with van der Waals surface area (Å²) < 4.78 is 2.17. The van der Waals surface area contributed by atoms with Crippen LogP contribution in [0.25, 0.3) is 0 Å². The Balaban J connectivity index is 1.99. The molecule has 1 amide bonds. The van der Waals surface area contributed by atoms with E-state index >= 15 is 0 Å². The van der Waals surface area contributed by atoms with E-state index in [1.54, 1.807) is 0 Å². The molecule has 0 saturated heterocycles. The number of amides is 1. The molecule has 0 radical (unpaired) electrons. The van der Waals surface area contributed by atoms with Crippen molar-refractivity contribution >= 4 is 21.8 Å². The number of aromatic amines is 1. The summed E-state index contributed by atoms with van der Waals surface area (Å²) in [5.74, 6) is -0.240. The second-order valence-corrected chi connectivity index (χ2v) is 5.05. The second kappa shape index (κ2) is 5.83. The van der Waals surface area contributed by atoms with Crippen LogP contribution in [0.3, 0.4) is 0 Å². The van der Waals surface area contributed by atoms with Crippen molar-refractivity contribution in [2.24, 2.45) is 0 Å². The van der Waals surface area contributed by atoms with Crippen LogP contribution in [-0.2, 0) is 11.3 Å². The highest BCUT2D eigenvalue weighted by Crippen LogP contribution is 2.17. The Bertz CT molecular complexity index is 634. The lowest BCUT2D eigenvalue weighted by Crippen LogP contribution is -2.32. The van der Waals surface area contributed by atoms with Crippen LogP contribution in [0.4, 0.5) is 0 Å². The number of hydrogen-bond acceptors (Lipinski definition) is 3. The molecule has 0 fully saturated rings. The fourth-order valence-corrected chi connectivity index (χ4v) is 2.10. The summed E-state index contributed by atoms with van der Waals surface area (Å²) in [7, 11) is 0. The zero-order chi connectivity index (χ0) is 13.8. The Hall–Kier alpha value is -1.89. The minimum Gasteiger partial charge on any atom is -0.348 e. The van der Waals surface area contributed by atoms with Gasteiger partial charge in [-0.3, -0.25) is 9.36 Å². The molecule has 1 aromatic heterocycles. The van der Waals surface area contributed by atoms with Gasteiger partial charge in [-0.05, 0) is 24.6 Å². The maximum atomic E-state index is 11.8. The standard InChI is InChI=1S/C12H13BrN4O2/c1-8(9-3-2-4-10(13)5-9)15-11(18)6-17-7-14-16-12(17)19/h2-5,7-8H,6H2,1H3,(H,15,18)(H,16,19)/t8-/m1/s1. The lowest BCUT2D eigenvalue weighted by Gasteiger charge is -2.14. The van der Waals surface area contributed by atoms with Crippen LogP contribution in [0.2, 0.25) is 0 Å². The molecule has 0 spiro atoms. The number of rotatable bonds is 4. The largest absolute Gasteiger partial charge is 0.348 e. The molecular weight excluding hydrogens is 312 g/mol. The molecule has 1 aromatic carbocycles. The van der Waals surface area contributed by atoms with Gasteiger partial charge in [0.05, 0.1) is 6.04 Å². The van der Waals surface area contributed by atoms with E-state index in [1.165, 1.54) is 10.9 Å². The van der Waals surface area contributed by atoms with Crippen molar-refractivity contribution in [1.29, 1.82) is 0 Å². The van der Waals surface area contributed by atoms with E-state index in [9.17, 15) is 9.59 Å². The van der Waals surface area contributed by atoms with Gasteiger partial charge in [0.1, 0.15) is 12.9 Å². The van der Waals surface area contributed by atoms with E-state index in [4.69, 9.17) is 0 Å². The summed E-state index contributed by atoms with van der Waals surface area (Å²) >= 11 is 3.38. The van der Waals surface area contributed by atoms with Gasteiger partial charge >= 0.3 is 5.69 Å². The number of nitrogens with one attached hydrogen (secondary N) is 2. The first-order valence-electron chi connectivity index (χ1n) is 5.71. The van der Waals surface area contributed by atoms with Crippen molar-refractivity contribution in [1.82, 2.24) is 20.1 Å². The van der Waals surface area contributed by atoms with Crippen molar-refractivity contribution in [2.75, 3.05) is 0 Å². The summed E-state index contributed by atoms with van der Waals surface area (Å²) in [6, 6.07) is 7.56. The van der Waals surface area contributed by atoms with Crippen LogP contribution in [0.15, 0.2) is 39.9 Å². The molecule has 1 heterocycles. The van der Waals surface area contributed by atoms with Crippen molar-refractivity contribution < 1.29 is 4.79 Å². The Kier molecular flexibility index (Phi) is 4.16. The number of benzene rings is 1. The molecule has 0 saturated carbocycles. The molecule has 2 rings (SSSR count). The zero-order valence-corrected chi connectivity index (χ0v) is 11.8. The fraction of sp³-hybridized carbons (Fsp3) is 0.250. The summed E-state index contributed by atoms with van der Waals surface area (Å²) in [6.45, 7) is 1.84. The maximum Gasteiger partial charge on any atom is 0.343 e. The SMILES string of the molecule is C[C@@H](NC(=O)Cn1cn[nH]c1=O)c1cccc(Br)c1. The van der Waals surface area contributed by atoms with Crippen molar-refractivity contribution in [3.63, 3.8) is 0 Å². The maximum absolute atomic E-state index is 11.8. The molecule has 2 N–H and O–H groups in total. The zero-order valence-electron chi connectivity index (χ0n) is 10.3. The number of carbonyl (C=O) groups is 1. The van der Waals surface area contributed by atoms with Gasteiger partial charge in [0.15, 0.2) is 0 Å². The first-order valence-corrected chi connectivity index (χ1v) is 6.50. The summed E-state index contributed by atoms with van der Waals surface area (Å²) in [5, 5.41) is 8.63. The number of carbonyl (C=O) groups excluding carboxylic acids is 1. The first kappa shape index (κ1) is 13.5. The highest BCUT2D eigenvalue weighted by molar-refractivity contribution is 9.10. The number of halogens is 1. The topological polar surface area (TPSA) is 79.8 Å². The number of aromatic nitrogens is 3. The van der Waals surface area contributed by atoms with Gasteiger partial charge in [0.25, 0.3) is 0 Å². The van der Waals surface area contributed by atoms with Gasteiger partial charge in [-0.15, -0.1) is 0 Å². The summed E-state index contributed by atoms with van der Waals surface area (Å²) in [4.78, 5) is 23.0. The Morgan fingerprint density at radius 2 is 2.37 bits per heavy atom. The fourth-order valence-electron chi connectivity index (χ4n) is 1.68. The lowest BCUT2D eigenvalue weighted by atomic mass is 10.1. The normalized spacial score (nSPS) is 12.1. The van der Waals surface area contributed by atoms with Gasteiger partial charge in [-0.1, -0.05) is 28.1 Å². The van der Waals surface area contributed by atoms with Crippen LogP contribution in [0, 0.1) is 0 Å². The van der Waals surface area contributed by atoms with E-state index in [2.05, 4.69) is 31.4 Å². The van der Waals surface area contributed by atoms with Crippen LogP contribution in [0.1, 0.15) is 18.5 Å². The third-order valence-electron chi connectivity index (χ3n) is 2.66. The van der Waals surface area contributed by atoms with Gasteiger partial charge in [0, 0.05) is 4.47 Å². The van der Waals surface area contributed by atoms with Crippen LogP contribution >= 0.6 is 15.9 Å². The van der Waals surface area contributed by atoms with Crippen LogP contribution < -0.4 is 11.0 Å². The van der Waals surface area contributed by atoms with E-state index < -0.39 is 5.69 Å². The average molecular weight is 325 g/mol. The Morgan fingerprint density at radius 1 is 1.58 bits per heavy atom. The van der Waals surface area contributed by atoms with Gasteiger partial charge in [-0.25, -0.2) is 9.89 Å². The molecule has 0 aliphatic carbocycles. The molecule has 0 unspecified atom stereocenters. The Morgan fingerprint density at radius 3 is 3.00 bits per heavy atom. The number of nitrogens with zero attached hydrogens (tertiary/aromatic N) is 2. The molecule has 1 atom stereocenters. The van der Waals surface area contributed by atoms with E-state index in [1.807, 2.05) is 31.2 Å². The van der Waals surface area contributed by atoms with Gasteiger partial charge in [0.2, 0.25) is 5.91 Å². The smallest absolute Gasteiger partial charge is 0.343 e. The summed E-state index contributed by atoms with van der Waals surface area (Å²) in [5.41, 5.74) is 0.590. The minimum absolute atomic E-state index is 0.0479. The third kappa shape index (κ3) is 3.54. The Labute approximate surface area is 118 Å². The predicted molar refractivity (Wildman–Crippen MR) is 73.5 cm³/mol. The van der Waals surface area contributed by atoms with E-state index in [0.29, 0.717) is 0 Å². The quantitative estimate of drug-likeness (QED) is 0.887. The predicted octanol–water partition coefficient (Wildman–Crippen LogP) is 1.21. The van der Waals surface area contributed by atoms with Crippen LogP contribution in [0.5, 0.6) is 0 Å². The van der Waals surface area contributed by atoms with Crippen molar-refractivity contribution in [3.8, 4) is 0 Å². The number of hydrogen-bond donors (Lipinski definition) is 2. The van der Waals surface area contributed by atoms with Gasteiger partial charge in [-0.2, -0.15) is 5.10 Å². The minimum atomic E-state index is -0.398. The molecule has 0 bridgehead atoms. The summed E-state index contributed by atoms with van der Waals surface area (Å²) in [6.07, 6.45) is 1.30. The van der Waals surface area contributed by atoms with E-state index in [-0.39, 0.29) is 18.5 Å². The van der Waals surface area contributed by atoms with Crippen molar-refractivity contribution in [3.05, 3.63) is 51.1 Å². The van der Waals surface area contributed by atoms with Crippen LogP contribution in [-0.4, -0.2) is 20.7 Å². The highest BCUT2D eigenvalue weighted by atomic mass is 79.9. The monoisotopic (exact) mass is 324 g/mol. The third-order valence-corrected chi connectivity index (χ3v) is 3.15. The lowest BCUT2D eigenvalue weighted by molar-refractivity contribution is -0.122. The molecular formula is C12H13BrN4O2. The van der Waals surface area contributed by atoms with Gasteiger partial charge < -0.3 is 5.32 Å². The average Bonchev–Trinajstić information content (AvgIpc) is 2.75. The first-order chi connectivity index (χ1) is 9.06.